The van der Waals surface area contributed by atoms with Gasteiger partial charge in [0, 0.05) is 46.6 Å². The van der Waals surface area contributed by atoms with Crippen molar-refractivity contribution in [3.63, 3.8) is 0 Å². The van der Waals surface area contributed by atoms with E-state index in [4.69, 9.17) is 9.47 Å². The number of hydrogen-bond acceptors (Lipinski definition) is 7. The van der Waals surface area contributed by atoms with Crippen molar-refractivity contribution < 1.29 is 32.2 Å². The van der Waals surface area contributed by atoms with Gasteiger partial charge in [0.05, 0.1) is 29.6 Å². The van der Waals surface area contributed by atoms with E-state index in [1.54, 1.807) is 49.3 Å². The molecule has 4 rings (SSSR count). The largest absolute Gasteiger partial charge is 0.484 e. The van der Waals surface area contributed by atoms with Crippen LogP contribution in [0.2, 0.25) is 0 Å². The van der Waals surface area contributed by atoms with E-state index in [2.05, 4.69) is 9.97 Å². The maximum atomic E-state index is 13.0. The molecule has 0 aromatic carbocycles. The van der Waals surface area contributed by atoms with E-state index in [0.29, 0.717) is 37.7 Å². The Morgan fingerprint density at radius 2 is 1.94 bits per heavy atom. The first-order chi connectivity index (χ1) is 16.4. The van der Waals surface area contributed by atoms with E-state index in [9.17, 15) is 22.8 Å². The van der Waals surface area contributed by atoms with Crippen LogP contribution in [0.4, 0.5) is 24.8 Å². The standard InChI is InChI=1S/C23H28F3N5O4/c1-22(7-4-17(5-8-22)34-14-23(24,25)26)35-18-6-9-31(20(18)33)16-10-27-21(28-11-16)30-12-15(13-30)19(32)29(2)3/h4-5,7,10-11,15,18H,6,8-9,12-14H2,1-3H3/t18-,22?/m1/s1. The van der Waals surface area contributed by atoms with Gasteiger partial charge >= 0.3 is 6.18 Å². The van der Waals surface area contributed by atoms with Crippen molar-refractivity contribution in [1.29, 1.82) is 0 Å². The summed E-state index contributed by atoms with van der Waals surface area (Å²) in [6.07, 6.45) is 3.40. The number of aromatic nitrogens is 2. The van der Waals surface area contributed by atoms with E-state index in [1.165, 1.54) is 12.2 Å². The molecular formula is C23H28F3N5O4. The minimum atomic E-state index is -4.41. The number of carbonyl (C=O) groups is 2. The number of carbonyl (C=O) groups excluding carboxylic acids is 2. The molecule has 12 heteroatoms. The summed E-state index contributed by atoms with van der Waals surface area (Å²) in [6.45, 7) is 1.96. The third kappa shape index (κ3) is 5.75. The van der Waals surface area contributed by atoms with Crippen LogP contribution in [0.5, 0.6) is 0 Å². The van der Waals surface area contributed by atoms with Gasteiger partial charge in [0.2, 0.25) is 11.9 Å². The monoisotopic (exact) mass is 495 g/mol. The first kappa shape index (κ1) is 25.0. The molecule has 2 saturated heterocycles. The average molecular weight is 496 g/mol. The number of ether oxygens (including phenoxy) is 2. The lowest BCUT2D eigenvalue weighted by molar-refractivity contribution is -0.164. The zero-order chi connectivity index (χ0) is 25.4. The molecule has 2 aliphatic heterocycles. The van der Waals surface area contributed by atoms with Crippen molar-refractivity contribution >= 4 is 23.5 Å². The molecular weight excluding hydrogens is 467 g/mol. The van der Waals surface area contributed by atoms with Gasteiger partial charge in [0.15, 0.2) is 6.61 Å². The second kappa shape index (κ2) is 9.48. The zero-order valence-corrected chi connectivity index (χ0v) is 19.8. The molecule has 190 valence electrons. The van der Waals surface area contributed by atoms with Gasteiger partial charge in [0.1, 0.15) is 11.9 Å². The van der Waals surface area contributed by atoms with Crippen molar-refractivity contribution in [3.05, 3.63) is 36.4 Å². The van der Waals surface area contributed by atoms with E-state index < -0.39 is 24.5 Å². The summed E-state index contributed by atoms with van der Waals surface area (Å²) in [7, 11) is 3.46. The first-order valence-electron chi connectivity index (χ1n) is 11.3. The lowest BCUT2D eigenvalue weighted by atomic mass is 9.96. The van der Waals surface area contributed by atoms with Crippen LogP contribution in [-0.4, -0.2) is 84.9 Å². The molecule has 2 fully saturated rings. The molecule has 0 N–H and O–H groups in total. The summed E-state index contributed by atoms with van der Waals surface area (Å²) in [5.74, 6) is 0.419. The number of hydrogen-bond donors (Lipinski definition) is 0. The normalized spacial score (nSPS) is 24.9. The SMILES string of the molecule is CN(C)C(=O)C1CN(c2ncc(N3CC[C@@H](OC4(C)C=CC(OCC(F)(F)F)=CC4)C3=O)cn2)C1. The third-order valence-corrected chi connectivity index (χ3v) is 6.17. The summed E-state index contributed by atoms with van der Waals surface area (Å²) in [5.41, 5.74) is -0.279. The van der Waals surface area contributed by atoms with Gasteiger partial charge < -0.3 is 24.2 Å². The Bertz CT molecular complexity index is 1020. The Balaban J connectivity index is 1.29. The molecule has 1 aromatic heterocycles. The number of amides is 2. The quantitative estimate of drug-likeness (QED) is 0.574. The number of nitrogens with zero attached hydrogens (tertiary/aromatic N) is 5. The third-order valence-electron chi connectivity index (χ3n) is 6.17. The highest BCUT2D eigenvalue weighted by Crippen LogP contribution is 2.32. The van der Waals surface area contributed by atoms with Gasteiger partial charge in [-0.3, -0.25) is 9.59 Å². The van der Waals surface area contributed by atoms with E-state index in [0.717, 1.165) is 0 Å². The van der Waals surface area contributed by atoms with Crippen molar-refractivity contribution in [2.24, 2.45) is 5.92 Å². The molecule has 2 amide bonds. The minimum Gasteiger partial charge on any atom is -0.484 e. The van der Waals surface area contributed by atoms with Crippen LogP contribution in [0.25, 0.3) is 0 Å². The zero-order valence-electron chi connectivity index (χ0n) is 19.8. The number of halogens is 3. The van der Waals surface area contributed by atoms with Crippen molar-refractivity contribution in [2.75, 3.05) is 50.1 Å². The molecule has 0 saturated carbocycles. The van der Waals surface area contributed by atoms with Crippen LogP contribution >= 0.6 is 0 Å². The van der Waals surface area contributed by atoms with Crippen LogP contribution < -0.4 is 9.80 Å². The summed E-state index contributed by atoms with van der Waals surface area (Å²) in [5, 5.41) is 0. The predicted molar refractivity (Wildman–Crippen MR) is 121 cm³/mol. The highest BCUT2D eigenvalue weighted by molar-refractivity contribution is 5.98. The summed E-state index contributed by atoms with van der Waals surface area (Å²) in [4.78, 5) is 38.7. The number of rotatable bonds is 7. The molecule has 3 aliphatic rings. The van der Waals surface area contributed by atoms with Gasteiger partial charge in [0.25, 0.3) is 5.91 Å². The van der Waals surface area contributed by atoms with Crippen molar-refractivity contribution in [1.82, 2.24) is 14.9 Å². The Hall–Kier alpha value is -3.15. The van der Waals surface area contributed by atoms with E-state index in [1.807, 2.05) is 4.90 Å². The van der Waals surface area contributed by atoms with E-state index >= 15 is 0 Å². The molecule has 0 radical (unpaired) electrons. The molecule has 35 heavy (non-hydrogen) atoms. The predicted octanol–water partition coefficient (Wildman–Crippen LogP) is 2.30. The lowest BCUT2D eigenvalue weighted by Gasteiger charge is -2.39. The summed E-state index contributed by atoms with van der Waals surface area (Å²) >= 11 is 0. The second-order valence-corrected chi connectivity index (χ2v) is 9.32. The van der Waals surface area contributed by atoms with Crippen molar-refractivity contribution in [2.45, 2.75) is 37.6 Å². The number of alkyl halides is 3. The van der Waals surface area contributed by atoms with Gasteiger partial charge in [-0.05, 0) is 25.2 Å². The highest BCUT2D eigenvalue weighted by Gasteiger charge is 2.39. The van der Waals surface area contributed by atoms with Gasteiger partial charge in [-0.1, -0.05) is 0 Å². The molecule has 2 atom stereocenters. The molecule has 0 spiro atoms. The van der Waals surface area contributed by atoms with Gasteiger partial charge in [-0.25, -0.2) is 9.97 Å². The van der Waals surface area contributed by atoms with Crippen LogP contribution in [0, 0.1) is 5.92 Å². The minimum absolute atomic E-state index is 0.0660. The van der Waals surface area contributed by atoms with Crippen LogP contribution in [0.1, 0.15) is 19.8 Å². The topological polar surface area (TPSA) is 88.1 Å². The van der Waals surface area contributed by atoms with Crippen LogP contribution in [0.15, 0.2) is 36.4 Å². The average Bonchev–Trinajstić information content (AvgIpc) is 3.11. The fourth-order valence-electron chi connectivity index (χ4n) is 4.18. The summed E-state index contributed by atoms with van der Waals surface area (Å²) in [6, 6.07) is 0. The maximum absolute atomic E-state index is 13.0. The maximum Gasteiger partial charge on any atom is 0.422 e. The van der Waals surface area contributed by atoms with Crippen LogP contribution in [-0.2, 0) is 19.1 Å². The Morgan fingerprint density at radius 1 is 1.26 bits per heavy atom. The smallest absolute Gasteiger partial charge is 0.422 e. The molecule has 1 aromatic rings. The fraction of sp³-hybridized carbons (Fsp3) is 0.565. The number of anilines is 2. The highest BCUT2D eigenvalue weighted by atomic mass is 19.4. The lowest BCUT2D eigenvalue weighted by Crippen LogP contribution is -2.54. The molecule has 0 bridgehead atoms. The second-order valence-electron chi connectivity index (χ2n) is 9.32. The molecule has 1 unspecified atom stereocenters. The Labute approximate surface area is 201 Å². The first-order valence-corrected chi connectivity index (χ1v) is 11.3. The van der Waals surface area contributed by atoms with Gasteiger partial charge in [-0.2, -0.15) is 13.2 Å². The van der Waals surface area contributed by atoms with Crippen LogP contribution in [0.3, 0.4) is 0 Å². The molecule has 1 aliphatic carbocycles. The Kier molecular flexibility index (Phi) is 6.76. The van der Waals surface area contributed by atoms with E-state index in [-0.39, 0.29) is 29.9 Å². The summed E-state index contributed by atoms with van der Waals surface area (Å²) < 4.78 is 47.8. The van der Waals surface area contributed by atoms with Gasteiger partial charge in [-0.15, -0.1) is 0 Å². The number of allylic oxidation sites excluding steroid dienone is 1. The van der Waals surface area contributed by atoms with Crippen molar-refractivity contribution in [3.8, 4) is 0 Å². The molecule has 9 nitrogen and oxygen atoms in total. The Morgan fingerprint density at radius 3 is 2.51 bits per heavy atom. The fourth-order valence-corrected chi connectivity index (χ4v) is 4.18. The molecule has 3 heterocycles.